The zero-order valence-electron chi connectivity index (χ0n) is 10.9. The van der Waals surface area contributed by atoms with E-state index in [-0.39, 0.29) is 11.8 Å². The molecule has 5 heteroatoms. The van der Waals surface area contributed by atoms with Crippen molar-refractivity contribution < 1.29 is 14.4 Å². The molecule has 100 valence electrons. The summed E-state index contributed by atoms with van der Waals surface area (Å²) in [6.45, 7) is 4.30. The van der Waals surface area contributed by atoms with E-state index in [0.717, 1.165) is 25.7 Å². The Morgan fingerprint density at radius 1 is 1.50 bits per heavy atom. The lowest BCUT2D eigenvalue weighted by Gasteiger charge is -2.10. The molecule has 0 aromatic carbocycles. The van der Waals surface area contributed by atoms with Gasteiger partial charge in [-0.3, -0.25) is 4.79 Å². The van der Waals surface area contributed by atoms with Gasteiger partial charge in [0, 0.05) is 6.42 Å². The Hall–Kier alpha value is -1.39. The van der Waals surface area contributed by atoms with Crippen LogP contribution in [0.5, 0.6) is 0 Å². The highest BCUT2D eigenvalue weighted by molar-refractivity contribution is 5.71. The van der Waals surface area contributed by atoms with Crippen LogP contribution in [0.1, 0.15) is 57.2 Å². The monoisotopic (exact) mass is 252 g/mol. The van der Waals surface area contributed by atoms with Gasteiger partial charge >= 0.3 is 5.97 Å². The Kier molecular flexibility index (Phi) is 3.99. The first-order valence-electron chi connectivity index (χ1n) is 6.63. The first-order chi connectivity index (χ1) is 8.58. The molecule has 1 saturated carbocycles. The number of carboxylic acid groups (broad SMARTS) is 1. The Labute approximate surface area is 107 Å². The summed E-state index contributed by atoms with van der Waals surface area (Å²) in [5, 5.41) is 13.1. The van der Waals surface area contributed by atoms with Gasteiger partial charge in [0.25, 0.3) is 0 Å². The van der Waals surface area contributed by atoms with E-state index >= 15 is 0 Å². The maximum absolute atomic E-state index is 11.1. The van der Waals surface area contributed by atoms with Crippen molar-refractivity contribution in [3.63, 3.8) is 0 Å². The Morgan fingerprint density at radius 2 is 2.28 bits per heavy atom. The average Bonchev–Trinajstić information content (AvgIpc) is 2.94. The van der Waals surface area contributed by atoms with E-state index in [2.05, 4.69) is 24.0 Å². The molecule has 18 heavy (non-hydrogen) atoms. The van der Waals surface area contributed by atoms with Crippen molar-refractivity contribution in [1.82, 2.24) is 10.1 Å². The van der Waals surface area contributed by atoms with E-state index < -0.39 is 5.97 Å². The lowest BCUT2D eigenvalue weighted by molar-refractivity contribution is -0.142. The summed E-state index contributed by atoms with van der Waals surface area (Å²) < 4.78 is 5.24. The SMILES string of the molecule is CC(C)CCc1noc(C2CCCC2C(=O)O)n1. The van der Waals surface area contributed by atoms with Crippen molar-refractivity contribution >= 4 is 5.97 Å². The van der Waals surface area contributed by atoms with Gasteiger partial charge in [-0.05, 0) is 25.2 Å². The van der Waals surface area contributed by atoms with Crippen molar-refractivity contribution in [1.29, 1.82) is 0 Å². The molecular formula is C13H20N2O3. The zero-order chi connectivity index (χ0) is 13.1. The second-order valence-corrected chi connectivity index (χ2v) is 5.46. The molecular weight excluding hydrogens is 232 g/mol. The number of carboxylic acids is 1. The molecule has 1 heterocycles. The summed E-state index contributed by atoms with van der Waals surface area (Å²) in [6.07, 6.45) is 4.29. The van der Waals surface area contributed by atoms with Crippen LogP contribution in [-0.4, -0.2) is 21.2 Å². The Bertz CT molecular complexity index is 414. The predicted octanol–water partition coefficient (Wildman–Crippen LogP) is 2.63. The van der Waals surface area contributed by atoms with E-state index in [9.17, 15) is 4.79 Å². The van der Waals surface area contributed by atoms with Crippen LogP contribution < -0.4 is 0 Å². The minimum absolute atomic E-state index is 0.0946. The highest BCUT2D eigenvalue weighted by Crippen LogP contribution is 2.38. The van der Waals surface area contributed by atoms with Gasteiger partial charge in [0.15, 0.2) is 5.82 Å². The van der Waals surface area contributed by atoms with Crippen LogP contribution in [0.3, 0.4) is 0 Å². The molecule has 1 fully saturated rings. The minimum atomic E-state index is -0.751. The maximum Gasteiger partial charge on any atom is 0.307 e. The normalized spacial score (nSPS) is 23.7. The highest BCUT2D eigenvalue weighted by atomic mass is 16.5. The fourth-order valence-electron chi connectivity index (χ4n) is 2.49. The van der Waals surface area contributed by atoms with Gasteiger partial charge in [-0.2, -0.15) is 4.98 Å². The van der Waals surface area contributed by atoms with E-state index in [0.29, 0.717) is 24.1 Å². The molecule has 0 aliphatic heterocycles. The summed E-state index contributed by atoms with van der Waals surface area (Å²) in [5.74, 6) is 0.615. The Morgan fingerprint density at radius 3 is 2.94 bits per heavy atom. The predicted molar refractivity (Wildman–Crippen MR) is 65.2 cm³/mol. The fourth-order valence-corrected chi connectivity index (χ4v) is 2.49. The first kappa shape index (κ1) is 13.1. The first-order valence-corrected chi connectivity index (χ1v) is 6.63. The number of aryl methyl sites for hydroxylation is 1. The van der Waals surface area contributed by atoms with Crippen molar-refractivity contribution in [2.24, 2.45) is 11.8 Å². The standard InChI is InChI=1S/C13H20N2O3/c1-8(2)6-7-11-14-12(18-15-11)9-4-3-5-10(9)13(16)17/h8-10H,3-7H2,1-2H3,(H,16,17). The lowest BCUT2D eigenvalue weighted by Crippen LogP contribution is -2.17. The van der Waals surface area contributed by atoms with Crippen molar-refractivity contribution in [2.45, 2.75) is 51.9 Å². The fraction of sp³-hybridized carbons (Fsp3) is 0.769. The molecule has 0 amide bonds. The third kappa shape index (κ3) is 2.89. The van der Waals surface area contributed by atoms with Crippen molar-refractivity contribution in [2.75, 3.05) is 0 Å². The van der Waals surface area contributed by atoms with Gasteiger partial charge in [-0.1, -0.05) is 25.4 Å². The topological polar surface area (TPSA) is 76.2 Å². The number of hydrogen-bond acceptors (Lipinski definition) is 4. The number of rotatable bonds is 5. The van der Waals surface area contributed by atoms with Crippen molar-refractivity contribution in [3.8, 4) is 0 Å². The smallest absolute Gasteiger partial charge is 0.307 e. The zero-order valence-corrected chi connectivity index (χ0v) is 10.9. The van der Waals surface area contributed by atoms with Crippen LogP contribution in [0.15, 0.2) is 4.52 Å². The molecule has 1 aromatic heterocycles. The van der Waals surface area contributed by atoms with Gasteiger partial charge in [-0.15, -0.1) is 0 Å². The third-order valence-electron chi connectivity index (χ3n) is 3.58. The largest absolute Gasteiger partial charge is 0.481 e. The number of aromatic nitrogens is 2. The highest BCUT2D eigenvalue weighted by Gasteiger charge is 2.37. The average molecular weight is 252 g/mol. The lowest BCUT2D eigenvalue weighted by atomic mass is 9.96. The molecule has 2 atom stereocenters. The summed E-state index contributed by atoms with van der Waals surface area (Å²) >= 11 is 0. The second kappa shape index (κ2) is 5.50. The van der Waals surface area contributed by atoms with E-state index in [1.165, 1.54) is 0 Å². The second-order valence-electron chi connectivity index (χ2n) is 5.46. The number of nitrogens with zero attached hydrogens (tertiary/aromatic N) is 2. The molecule has 5 nitrogen and oxygen atoms in total. The van der Waals surface area contributed by atoms with E-state index in [1.807, 2.05) is 0 Å². The molecule has 1 aromatic rings. The molecule has 0 saturated heterocycles. The van der Waals surface area contributed by atoms with Gasteiger partial charge < -0.3 is 9.63 Å². The molecule has 2 rings (SSSR count). The van der Waals surface area contributed by atoms with Crippen molar-refractivity contribution in [3.05, 3.63) is 11.7 Å². The molecule has 2 unspecified atom stereocenters. The maximum atomic E-state index is 11.1. The minimum Gasteiger partial charge on any atom is -0.481 e. The van der Waals surface area contributed by atoms with Crippen LogP contribution >= 0.6 is 0 Å². The Balaban J connectivity index is 2.03. The summed E-state index contributed by atoms with van der Waals surface area (Å²) in [5.41, 5.74) is 0. The van der Waals surface area contributed by atoms with Gasteiger partial charge in [0.1, 0.15) is 0 Å². The summed E-state index contributed by atoms with van der Waals surface area (Å²) in [4.78, 5) is 15.5. The van der Waals surface area contributed by atoms with Crippen LogP contribution in [-0.2, 0) is 11.2 Å². The van der Waals surface area contributed by atoms with E-state index in [4.69, 9.17) is 9.63 Å². The molecule has 1 aliphatic carbocycles. The molecule has 0 spiro atoms. The summed E-state index contributed by atoms with van der Waals surface area (Å²) in [7, 11) is 0. The third-order valence-corrected chi connectivity index (χ3v) is 3.58. The van der Waals surface area contributed by atoms with Crippen LogP contribution in [0.2, 0.25) is 0 Å². The van der Waals surface area contributed by atoms with Crippen LogP contribution in [0.4, 0.5) is 0 Å². The van der Waals surface area contributed by atoms with Crippen LogP contribution in [0, 0.1) is 11.8 Å². The summed E-state index contributed by atoms with van der Waals surface area (Å²) in [6, 6.07) is 0. The number of carbonyl (C=O) groups is 1. The quantitative estimate of drug-likeness (QED) is 0.871. The molecule has 0 radical (unpaired) electrons. The van der Waals surface area contributed by atoms with Crippen LogP contribution in [0.25, 0.3) is 0 Å². The van der Waals surface area contributed by atoms with Gasteiger partial charge in [0.2, 0.25) is 5.89 Å². The van der Waals surface area contributed by atoms with Gasteiger partial charge in [-0.25, -0.2) is 0 Å². The van der Waals surface area contributed by atoms with E-state index in [1.54, 1.807) is 0 Å². The molecule has 0 bridgehead atoms. The molecule has 1 N–H and O–H groups in total. The van der Waals surface area contributed by atoms with Gasteiger partial charge in [0.05, 0.1) is 11.8 Å². The molecule has 1 aliphatic rings. The number of hydrogen-bond donors (Lipinski definition) is 1. The number of aliphatic carboxylic acids is 1.